The van der Waals surface area contributed by atoms with Crippen molar-refractivity contribution >= 4 is 23.3 Å². The lowest BCUT2D eigenvalue weighted by Gasteiger charge is -2.33. The van der Waals surface area contributed by atoms with Gasteiger partial charge in [0.15, 0.2) is 0 Å². The fourth-order valence-corrected chi connectivity index (χ4v) is 5.04. The fraction of sp³-hybridized carbons (Fsp3) is 0.455. The Morgan fingerprint density at radius 3 is 2.77 bits per heavy atom. The maximum Gasteiger partial charge on any atom is 0.338 e. The first kappa shape index (κ1) is 20.7. The van der Waals surface area contributed by atoms with Crippen LogP contribution in [0.1, 0.15) is 49.3 Å². The molecule has 0 radical (unpaired) electrons. The minimum atomic E-state index is -0.512. The number of carbonyl (C=O) groups is 2. The largest absolute Gasteiger partial charge is 0.468 e. The van der Waals surface area contributed by atoms with E-state index in [1.165, 1.54) is 24.2 Å². The van der Waals surface area contributed by atoms with E-state index in [2.05, 4.69) is 15.5 Å². The van der Waals surface area contributed by atoms with Crippen LogP contribution in [0.2, 0.25) is 0 Å². The van der Waals surface area contributed by atoms with Crippen LogP contribution < -0.4 is 10.6 Å². The van der Waals surface area contributed by atoms with Crippen LogP contribution in [-0.4, -0.2) is 36.1 Å². The Hall–Kier alpha value is -2.58. The predicted octanol–water partition coefficient (Wildman–Crippen LogP) is 3.96. The highest BCUT2D eigenvalue weighted by atomic mass is 32.1. The molecule has 8 heteroatoms. The van der Waals surface area contributed by atoms with E-state index >= 15 is 0 Å². The first-order chi connectivity index (χ1) is 14.7. The van der Waals surface area contributed by atoms with Gasteiger partial charge in [-0.25, -0.2) is 9.59 Å². The second-order valence-electron chi connectivity index (χ2n) is 7.58. The van der Waals surface area contributed by atoms with Crippen LogP contribution in [0.15, 0.2) is 51.6 Å². The van der Waals surface area contributed by atoms with E-state index in [1.807, 2.05) is 29.6 Å². The van der Waals surface area contributed by atoms with E-state index < -0.39 is 12.0 Å². The van der Waals surface area contributed by atoms with Crippen molar-refractivity contribution in [3.05, 3.63) is 57.8 Å². The van der Waals surface area contributed by atoms with Gasteiger partial charge in [0.05, 0.1) is 31.0 Å². The summed E-state index contributed by atoms with van der Waals surface area (Å²) in [6.45, 7) is 3.15. The normalized spacial score (nSPS) is 19.8. The first-order valence-electron chi connectivity index (χ1n) is 10.4. The summed E-state index contributed by atoms with van der Waals surface area (Å²) < 4.78 is 10.9. The lowest BCUT2D eigenvalue weighted by atomic mass is 10.00. The molecule has 0 saturated heterocycles. The maximum atomic E-state index is 12.9. The van der Waals surface area contributed by atoms with Gasteiger partial charge in [-0.2, -0.15) is 0 Å². The number of hydrogen-bond acceptors (Lipinski definition) is 6. The summed E-state index contributed by atoms with van der Waals surface area (Å²) >= 11 is 1.51. The number of nitrogens with one attached hydrogen (secondary N) is 2. The number of ether oxygens (including phenoxy) is 1. The summed E-state index contributed by atoms with van der Waals surface area (Å²) in [6.07, 6.45) is 6.25. The molecule has 1 aliphatic carbocycles. The number of carbonyl (C=O) groups excluding carboxylic acids is 2. The van der Waals surface area contributed by atoms with Gasteiger partial charge in [0.2, 0.25) is 0 Å². The fourth-order valence-electron chi connectivity index (χ4n) is 4.25. The second-order valence-corrected chi connectivity index (χ2v) is 8.56. The van der Waals surface area contributed by atoms with Gasteiger partial charge >= 0.3 is 12.0 Å². The monoisotopic (exact) mass is 429 g/mol. The molecule has 2 aliphatic rings. The van der Waals surface area contributed by atoms with E-state index in [-0.39, 0.29) is 12.6 Å². The van der Waals surface area contributed by atoms with Crippen LogP contribution in [0.3, 0.4) is 0 Å². The third-order valence-electron chi connectivity index (χ3n) is 5.62. The Morgan fingerprint density at radius 1 is 1.27 bits per heavy atom. The average Bonchev–Trinajstić information content (AvgIpc) is 3.50. The van der Waals surface area contributed by atoms with Crippen LogP contribution >= 0.6 is 11.3 Å². The van der Waals surface area contributed by atoms with Gasteiger partial charge in [0.1, 0.15) is 5.76 Å². The van der Waals surface area contributed by atoms with Crippen molar-refractivity contribution in [2.24, 2.45) is 0 Å². The van der Waals surface area contributed by atoms with Crippen molar-refractivity contribution in [1.82, 2.24) is 15.5 Å². The lowest BCUT2D eigenvalue weighted by Crippen LogP contribution is -2.49. The van der Waals surface area contributed by atoms with Crippen molar-refractivity contribution in [3.63, 3.8) is 0 Å². The molecular formula is C22H27N3O4S. The zero-order valence-corrected chi connectivity index (χ0v) is 17.9. The molecule has 1 saturated carbocycles. The molecule has 0 bridgehead atoms. The van der Waals surface area contributed by atoms with Crippen LogP contribution in [0.4, 0.5) is 4.79 Å². The Kier molecular flexibility index (Phi) is 6.54. The molecule has 2 amide bonds. The molecule has 4 rings (SSSR count). The Bertz CT molecular complexity index is 886. The van der Waals surface area contributed by atoms with Crippen LogP contribution in [0.5, 0.6) is 0 Å². The van der Waals surface area contributed by atoms with Crippen LogP contribution in [0.25, 0.3) is 0 Å². The van der Waals surface area contributed by atoms with Crippen molar-refractivity contribution in [2.75, 3.05) is 13.2 Å². The number of thiophene rings is 1. The molecule has 2 N–H and O–H groups in total. The van der Waals surface area contributed by atoms with Gasteiger partial charge in [-0.3, -0.25) is 4.90 Å². The summed E-state index contributed by atoms with van der Waals surface area (Å²) in [5, 5.41) is 7.72. The number of nitrogens with zero attached hydrogens (tertiary/aromatic N) is 1. The first-order valence-corrected chi connectivity index (χ1v) is 11.3. The summed E-state index contributed by atoms with van der Waals surface area (Å²) in [5.41, 5.74) is 1.08. The topological polar surface area (TPSA) is 83.8 Å². The van der Waals surface area contributed by atoms with Gasteiger partial charge in [-0.15, -0.1) is 11.3 Å². The van der Waals surface area contributed by atoms with E-state index in [0.717, 1.165) is 23.5 Å². The molecule has 1 fully saturated rings. The second kappa shape index (κ2) is 9.49. The number of esters is 1. The minimum Gasteiger partial charge on any atom is -0.468 e. The van der Waals surface area contributed by atoms with Crippen LogP contribution in [-0.2, 0) is 16.1 Å². The molecule has 30 heavy (non-hydrogen) atoms. The van der Waals surface area contributed by atoms with Gasteiger partial charge in [-0.1, -0.05) is 18.9 Å². The van der Waals surface area contributed by atoms with Crippen molar-refractivity contribution in [2.45, 2.75) is 51.2 Å². The molecule has 2 aromatic heterocycles. The van der Waals surface area contributed by atoms with Crippen molar-refractivity contribution in [1.29, 1.82) is 0 Å². The third kappa shape index (κ3) is 4.60. The predicted molar refractivity (Wildman–Crippen MR) is 114 cm³/mol. The number of hydrogen-bond donors (Lipinski definition) is 2. The molecule has 1 aliphatic heterocycles. The highest BCUT2D eigenvalue weighted by Crippen LogP contribution is 2.32. The molecular weight excluding hydrogens is 402 g/mol. The van der Waals surface area contributed by atoms with E-state index in [0.29, 0.717) is 30.4 Å². The van der Waals surface area contributed by atoms with Crippen molar-refractivity contribution in [3.8, 4) is 0 Å². The molecule has 3 heterocycles. The number of amides is 2. The van der Waals surface area contributed by atoms with Crippen molar-refractivity contribution < 1.29 is 18.7 Å². The number of urea groups is 1. The van der Waals surface area contributed by atoms with Crippen LogP contribution in [0, 0.1) is 0 Å². The van der Waals surface area contributed by atoms with Gasteiger partial charge < -0.3 is 19.8 Å². The van der Waals surface area contributed by atoms with Gasteiger partial charge in [-0.05, 0) is 43.3 Å². The zero-order valence-electron chi connectivity index (χ0n) is 17.1. The third-order valence-corrected chi connectivity index (χ3v) is 6.56. The van der Waals surface area contributed by atoms with E-state index in [1.54, 1.807) is 13.2 Å². The van der Waals surface area contributed by atoms with E-state index in [4.69, 9.17) is 9.15 Å². The molecule has 7 nitrogen and oxygen atoms in total. The molecule has 0 spiro atoms. The Morgan fingerprint density at radius 2 is 2.10 bits per heavy atom. The van der Waals surface area contributed by atoms with E-state index in [9.17, 15) is 9.59 Å². The molecule has 160 valence electrons. The van der Waals surface area contributed by atoms with Gasteiger partial charge in [0, 0.05) is 23.2 Å². The molecule has 1 unspecified atom stereocenters. The SMILES string of the molecule is CCOC(=O)C1=C(CN(Cc2ccco2)C2CCCC2)NC(=O)NC1c1cccs1. The highest BCUT2D eigenvalue weighted by molar-refractivity contribution is 7.10. The quantitative estimate of drug-likeness (QED) is 0.621. The highest BCUT2D eigenvalue weighted by Gasteiger charge is 2.36. The Labute approximate surface area is 180 Å². The maximum absolute atomic E-state index is 12.9. The smallest absolute Gasteiger partial charge is 0.338 e. The minimum absolute atomic E-state index is 0.277. The molecule has 1 atom stereocenters. The summed E-state index contributed by atoms with van der Waals surface area (Å²) in [5.74, 6) is 0.470. The molecule has 2 aromatic rings. The zero-order chi connectivity index (χ0) is 20.9. The Balaban J connectivity index is 1.69. The number of rotatable bonds is 8. The lowest BCUT2D eigenvalue weighted by molar-refractivity contribution is -0.139. The van der Waals surface area contributed by atoms with Gasteiger partial charge in [0.25, 0.3) is 0 Å². The average molecular weight is 430 g/mol. The summed E-state index contributed by atoms with van der Waals surface area (Å²) in [7, 11) is 0. The molecule has 0 aromatic carbocycles. The summed E-state index contributed by atoms with van der Waals surface area (Å²) in [6, 6.07) is 7.25. The summed E-state index contributed by atoms with van der Waals surface area (Å²) in [4.78, 5) is 28.6. The number of furan rings is 1. The standard InChI is InChI=1S/C22H27N3O4S/c1-2-28-21(26)19-17(23-22(27)24-20(19)18-10-6-12-30-18)14-25(15-7-3-4-8-15)13-16-9-5-11-29-16/h5-6,9-12,15,20H,2-4,7-8,13-14H2,1H3,(H2,23,24,27).